The van der Waals surface area contributed by atoms with E-state index >= 15 is 0 Å². The summed E-state index contributed by atoms with van der Waals surface area (Å²) in [7, 11) is 0. The number of fused-ring (bicyclic) bond motifs is 10. The van der Waals surface area contributed by atoms with E-state index in [4.69, 9.17) is 4.42 Å². The Bertz CT molecular complexity index is 3810. The first kappa shape index (κ1) is 36.5. The summed E-state index contributed by atoms with van der Waals surface area (Å²) in [6, 6.07) is 79.8. The second-order valence-electron chi connectivity index (χ2n) is 17.8. The highest BCUT2D eigenvalue weighted by Crippen LogP contribution is 2.51. The van der Waals surface area contributed by atoms with Crippen molar-refractivity contribution >= 4 is 71.6 Å². The van der Waals surface area contributed by atoms with E-state index in [-0.39, 0.29) is 5.41 Å². The standard InChI is InChI=1S/C61H42N2O/c1-61(2)55-17-9-6-14-49(55)50-31-30-48(38-56(50)61)62(46-27-22-39(23-28-46)43-26-33-60-54(37-43)52-16-8-11-19-59(52)64-60)47-29-24-41-34-40(20-21-42(41)35-47)44-25-32-58-53(36-44)51-15-7-10-18-57(51)63(58)45-12-4-3-5-13-45/h3-38H,1-2H3. The fourth-order valence-electron chi connectivity index (χ4n) is 10.5. The number of rotatable bonds is 6. The number of hydrogen-bond acceptors (Lipinski definition) is 2. The number of para-hydroxylation sites is 3. The summed E-state index contributed by atoms with van der Waals surface area (Å²) >= 11 is 0. The molecule has 0 unspecified atom stereocenters. The molecule has 302 valence electrons. The van der Waals surface area contributed by atoms with E-state index in [2.05, 4.69) is 230 Å². The maximum atomic E-state index is 6.15. The largest absolute Gasteiger partial charge is 0.456 e. The van der Waals surface area contributed by atoms with Gasteiger partial charge in [-0.1, -0.05) is 141 Å². The maximum absolute atomic E-state index is 6.15. The van der Waals surface area contributed by atoms with Crippen LogP contribution < -0.4 is 4.90 Å². The molecule has 3 nitrogen and oxygen atoms in total. The van der Waals surface area contributed by atoms with Crippen LogP contribution in [0, 0.1) is 0 Å². The van der Waals surface area contributed by atoms with Gasteiger partial charge in [0.1, 0.15) is 11.2 Å². The fraction of sp³-hybridized carbons (Fsp3) is 0.0492. The van der Waals surface area contributed by atoms with Crippen molar-refractivity contribution in [2.24, 2.45) is 0 Å². The minimum Gasteiger partial charge on any atom is -0.456 e. The second kappa shape index (κ2) is 13.9. The first-order valence-corrected chi connectivity index (χ1v) is 22.2. The van der Waals surface area contributed by atoms with Crippen molar-refractivity contribution in [2.75, 3.05) is 4.90 Å². The summed E-state index contributed by atoms with van der Waals surface area (Å²) < 4.78 is 8.53. The van der Waals surface area contributed by atoms with Crippen LogP contribution in [0.2, 0.25) is 0 Å². The minimum atomic E-state index is -0.118. The number of benzene rings is 10. The predicted octanol–water partition coefficient (Wildman–Crippen LogP) is 16.9. The monoisotopic (exact) mass is 818 g/mol. The van der Waals surface area contributed by atoms with Gasteiger partial charge in [-0.2, -0.15) is 0 Å². The van der Waals surface area contributed by atoms with Crippen molar-refractivity contribution in [3.8, 4) is 39.1 Å². The summed E-state index contributed by atoms with van der Waals surface area (Å²) in [4.78, 5) is 2.42. The number of anilines is 3. The van der Waals surface area contributed by atoms with Crippen LogP contribution in [0.15, 0.2) is 223 Å². The van der Waals surface area contributed by atoms with Gasteiger partial charge in [-0.05, 0) is 146 Å². The summed E-state index contributed by atoms with van der Waals surface area (Å²) in [5.41, 5.74) is 18.8. The summed E-state index contributed by atoms with van der Waals surface area (Å²) in [5.74, 6) is 0. The van der Waals surface area contributed by atoms with Gasteiger partial charge in [-0.3, -0.25) is 0 Å². The average Bonchev–Trinajstić information content (AvgIpc) is 3.96. The average molecular weight is 819 g/mol. The molecule has 0 bridgehead atoms. The number of aromatic nitrogens is 1. The Hall–Kier alpha value is -8.14. The van der Waals surface area contributed by atoms with Crippen LogP contribution in [0.5, 0.6) is 0 Å². The van der Waals surface area contributed by atoms with E-state index in [0.717, 1.165) is 50.1 Å². The van der Waals surface area contributed by atoms with E-state index in [9.17, 15) is 0 Å². The molecule has 10 aromatic carbocycles. The normalized spacial score (nSPS) is 13.0. The molecule has 0 atom stereocenters. The quantitative estimate of drug-likeness (QED) is 0.167. The zero-order valence-corrected chi connectivity index (χ0v) is 35.6. The van der Waals surface area contributed by atoms with Gasteiger partial charge in [-0.15, -0.1) is 0 Å². The lowest BCUT2D eigenvalue weighted by atomic mass is 9.82. The fourth-order valence-corrected chi connectivity index (χ4v) is 10.5. The summed E-state index contributed by atoms with van der Waals surface area (Å²) in [5, 5.41) is 7.19. The molecule has 0 fully saturated rings. The maximum Gasteiger partial charge on any atom is 0.135 e. The molecular formula is C61H42N2O. The molecule has 64 heavy (non-hydrogen) atoms. The van der Waals surface area contributed by atoms with Crippen LogP contribution in [0.1, 0.15) is 25.0 Å². The van der Waals surface area contributed by atoms with Gasteiger partial charge in [0.25, 0.3) is 0 Å². The molecule has 3 heteroatoms. The van der Waals surface area contributed by atoms with Gasteiger partial charge < -0.3 is 13.9 Å². The highest BCUT2D eigenvalue weighted by Gasteiger charge is 2.35. The van der Waals surface area contributed by atoms with Gasteiger partial charge >= 0.3 is 0 Å². The highest BCUT2D eigenvalue weighted by molar-refractivity contribution is 6.11. The SMILES string of the molecule is CC1(C)c2ccccc2-c2ccc(N(c3ccc(-c4ccc5oc6ccccc6c5c4)cc3)c3ccc4cc(-c5ccc6c(c5)c5ccccc5n6-c5ccccc5)ccc4c3)cc21. The number of furan rings is 1. The van der Waals surface area contributed by atoms with Crippen LogP contribution in [0.25, 0.3) is 93.6 Å². The van der Waals surface area contributed by atoms with E-state index < -0.39 is 0 Å². The lowest BCUT2D eigenvalue weighted by Crippen LogP contribution is -2.16. The molecule has 2 aromatic heterocycles. The Morgan fingerprint density at radius 2 is 0.953 bits per heavy atom. The third-order valence-electron chi connectivity index (χ3n) is 13.8. The van der Waals surface area contributed by atoms with E-state index in [1.165, 1.54) is 71.6 Å². The second-order valence-corrected chi connectivity index (χ2v) is 17.8. The van der Waals surface area contributed by atoms with Gasteiger partial charge in [0.05, 0.1) is 11.0 Å². The first-order valence-electron chi connectivity index (χ1n) is 22.2. The van der Waals surface area contributed by atoms with E-state index in [1.807, 2.05) is 12.1 Å². The van der Waals surface area contributed by atoms with Crippen LogP contribution in [-0.2, 0) is 5.41 Å². The van der Waals surface area contributed by atoms with Gasteiger partial charge in [0, 0.05) is 49.7 Å². The Kier molecular flexibility index (Phi) is 7.95. The number of hydrogen-bond donors (Lipinski definition) is 0. The third kappa shape index (κ3) is 5.60. The van der Waals surface area contributed by atoms with Crippen molar-refractivity contribution < 1.29 is 4.42 Å². The van der Waals surface area contributed by atoms with Crippen LogP contribution in [0.3, 0.4) is 0 Å². The lowest BCUT2D eigenvalue weighted by Gasteiger charge is -2.28. The van der Waals surface area contributed by atoms with Crippen molar-refractivity contribution in [2.45, 2.75) is 19.3 Å². The zero-order chi connectivity index (χ0) is 42.5. The van der Waals surface area contributed by atoms with Gasteiger partial charge in [-0.25, -0.2) is 0 Å². The predicted molar refractivity (Wildman–Crippen MR) is 269 cm³/mol. The van der Waals surface area contributed by atoms with Crippen LogP contribution in [-0.4, -0.2) is 4.57 Å². The Morgan fingerprint density at radius 3 is 1.84 bits per heavy atom. The smallest absolute Gasteiger partial charge is 0.135 e. The van der Waals surface area contributed by atoms with Crippen molar-refractivity contribution in [3.05, 3.63) is 230 Å². The Labute approximate surface area is 371 Å². The van der Waals surface area contributed by atoms with Gasteiger partial charge in [0.2, 0.25) is 0 Å². The van der Waals surface area contributed by atoms with Gasteiger partial charge in [0.15, 0.2) is 0 Å². The lowest BCUT2D eigenvalue weighted by molar-refractivity contribution is 0.660. The molecule has 1 aliphatic rings. The molecule has 0 N–H and O–H groups in total. The molecule has 0 spiro atoms. The molecule has 0 saturated carbocycles. The highest BCUT2D eigenvalue weighted by atomic mass is 16.3. The molecule has 1 aliphatic carbocycles. The third-order valence-corrected chi connectivity index (χ3v) is 13.8. The molecular weight excluding hydrogens is 777 g/mol. The summed E-state index contributed by atoms with van der Waals surface area (Å²) in [6.07, 6.45) is 0. The molecule has 2 heterocycles. The number of nitrogens with zero attached hydrogens (tertiary/aromatic N) is 2. The zero-order valence-electron chi connectivity index (χ0n) is 35.6. The summed E-state index contributed by atoms with van der Waals surface area (Å²) in [6.45, 7) is 4.71. The molecule has 0 saturated heterocycles. The van der Waals surface area contributed by atoms with E-state index in [0.29, 0.717) is 0 Å². The topological polar surface area (TPSA) is 21.3 Å². The Morgan fingerprint density at radius 1 is 0.375 bits per heavy atom. The van der Waals surface area contributed by atoms with E-state index in [1.54, 1.807) is 0 Å². The molecule has 0 aliphatic heterocycles. The molecule has 13 rings (SSSR count). The Balaban J connectivity index is 0.904. The molecule has 0 amide bonds. The van der Waals surface area contributed by atoms with Crippen molar-refractivity contribution in [1.82, 2.24) is 4.57 Å². The molecule has 12 aromatic rings. The van der Waals surface area contributed by atoms with Crippen LogP contribution in [0.4, 0.5) is 17.1 Å². The van der Waals surface area contributed by atoms with Crippen molar-refractivity contribution in [3.63, 3.8) is 0 Å². The first-order chi connectivity index (χ1) is 31.5. The molecule has 0 radical (unpaired) electrons. The minimum absolute atomic E-state index is 0.118. The van der Waals surface area contributed by atoms with Crippen LogP contribution >= 0.6 is 0 Å². The van der Waals surface area contributed by atoms with Crippen molar-refractivity contribution in [1.29, 1.82) is 0 Å².